The molecule has 18 heavy (non-hydrogen) atoms. The number of hydrogen-bond donors (Lipinski definition) is 2. The second-order valence-electron chi connectivity index (χ2n) is 4.42. The fraction of sp³-hybridized carbons (Fsp3) is 0.900. The van der Waals surface area contributed by atoms with E-state index in [1.807, 2.05) is 13.8 Å². The molecule has 0 spiro atoms. The standard InChI is InChI=1S/C10H22N2O5S/c1-8(2)7-16-6-5-11-18(14,15)12-10(13)17-9(3)4/h8-9,11H,5-7H2,1-4H3,(H,12,13). The molecule has 0 aliphatic rings. The van der Waals surface area contributed by atoms with Crippen LogP contribution in [0.15, 0.2) is 0 Å². The van der Waals surface area contributed by atoms with Crippen molar-refractivity contribution >= 4 is 16.3 Å². The topological polar surface area (TPSA) is 93.7 Å². The minimum atomic E-state index is -3.88. The van der Waals surface area contributed by atoms with E-state index < -0.39 is 16.3 Å². The first-order chi connectivity index (χ1) is 8.23. The Morgan fingerprint density at radius 2 is 1.83 bits per heavy atom. The van der Waals surface area contributed by atoms with Gasteiger partial charge >= 0.3 is 16.3 Å². The zero-order valence-electron chi connectivity index (χ0n) is 11.2. The molecule has 0 rings (SSSR count). The molecule has 0 unspecified atom stereocenters. The van der Waals surface area contributed by atoms with Crippen LogP contribution in [-0.4, -0.2) is 40.4 Å². The molecular weight excluding hydrogens is 260 g/mol. The molecular formula is C10H22N2O5S. The van der Waals surface area contributed by atoms with Crippen LogP contribution in [0.5, 0.6) is 0 Å². The summed E-state index contributed by atoms with van der Waals surface area (Å²) in [5.41, 5.74) is 0. The lowest BCUT2D eigenvalue weighted by atomic mass is 10.2. The molecule has 0 bridgehead atoms. The summed E-state index contributed by atoms with van der Waals surface area (Å²) < 4.78 is 36.4. The Bertz CT molecular complexity index is 340. The van der Waals surface area contributed by atoms with Gasteiger partial charge in [-0.05, 0) is 19.8 Å². The van der Waals surface area contributed by atoms with Crippen LogP contribution >= 0.6 is 0 Å². The van der Waals surface area contributed by atoms with Crippen molar-refractivity contribution in [3.63, 3.8) is 0 Å². The van der Waals surface area contributed by atoms with Crippen LogP contribution in [0.1, 0.15) is 27.7 Å². The number of carbonyl (C=O) groups excluding carboxylic acids is 1. The van der Waals surface area contributed by atoms with Gasteiger partial charge in [0.1, 0.15) is 0 Å². The molecule has 0 heterocycles. The van der Waals surface area contributed by atoms with E-state index in [0.29, 0.717) is 12.5 Å². The third kappa shape index (κ3) is 10.3. The van der Waals surface area contributed by atoms with Crippen molar-refractivity contribution in [1.29, 1.82) is 0 Å². The fourth-order valence-corrected chi connectivity index (χ4v) is 1.64. The minimum absolute atomic E-state index is 0.0943. The van der Waals surface area contributed by atoms with Crippen LogP contribution in [0.2, 0.25) is 0 Å². The van der Waals surface area contributed by atoms with Crippen LogP contribution < -0.4 is 9.44 Å². The largest absolute Gasteiger partial charge is 0.446 e. The molecule has 0 aromatic heterocycles. The van der Waals surface area contributed by atoms with Crippen LogP contribution in [0.4, 0.5) is 4.79 Å². The summed E-state index contributed by atoms with van der Waals surface area (Å²) >= 11 is 0. The highest BCUT2D eigenvalue weighted by Crippen LogP contribution is 1.92. The molecule has 0 atom stereocenters. The third-order valence-corrected chi connectivity index (χ3v) is 2.57. The van der Waals surface area contributed by atoms with Crippen LogP contribution in [-0.2, 0) is 19.7 Å². The van der Waals surface area contributed by atoms with Gasteiger partial charge in [0, 0.05) is 13.2 Å². The molecule has 0 saturated heterocycles. The molecule has 0 saturated carbocycles. The van der Waals surface area contributed by atoms with Gasteiger partial charge in [0.25, 0.3) is 0 Å². The lowest BCUT2D eigenvalue weighted by Crippen LogP contribution is -2.42. The number of amides is 1. The quantitative estimate of drug-likeness (QED) is 0.637. The Morgan fingerprint density at radius 1 is 1.22 bits per heavy atom. The van der Waals surface area contributed by atoms with Gasteiger partial charge in [-0.1, -0.05) is 13.8 Å². The average Bonchev–Trinajstić information content (AvgIpc) is 2.13. The van der Waals surface area contributed by atoms with E-state index in [4.69, 9.17) is 4.74 Å². The molecule has 0 fully saturated rings. The first-order valence-corrected chi connectivity index (χ1v) is 7.27. The zero-order valence-corrected chi connectivity index (χ0v) is 12.0. The predicted molar refractivity (Wildman–Crippen MR) is 67.3 cm³/mol. The molecule has 0 aliphatic heterocycles. The number of nitrogens with one attached hydrogen (secondary N) is 2. The highest BCUT2D eigenvalue weighted by Gasteiger charge is 2.15. The molecule has 7 nitrogen and oxygen atoms in total. The summed E-state index contributed by atoms with van der Waals surface area (Å²) in [6, 6.07) is 0. The maximum Gasteiger partial charge on any atom is 0.422 e. The van der Waals surface area contributed by atoms with Gasteiger partial charge in [-0.25, -0.2) is 9.52 Å². The molecule has 1 amide bonds. The number of rotatable bonds is 8. The maximum absolute atomic E-state index is 11.3. The summed E-state index contributed by atoms with van der Waals surface area (Å²) in [6.45, 7) is 8.14. The number of hydrogen-bond acceptors (Lipinski definition) is 5. The van der Waals surface area contributed by atoms with Gasteiger partial charge in [0.2, 0.25) is 0 Å². The summed E-state index contributed by atoms with van der Waals surface area (Å²) in [4.78, 5) is 11.1. The van der Waals surface area contributed by atoms with Crippen molar-refractivity contribution in [2.45, 2.75) is 33.8 Å². The van der Waals surface area contributed by atoms with Crippen molar-refractivity contribution in [3.05, 3.63) is 0 Å². The van der Waals surface area contributed by atoms with Crippen LogP contribution in [0.3, 0.4) is 0 Å². The fourth-order valence-electron chi connectivity index (χ4n) is 0.951. The van der Waals surface area contributed by atoms with Crippen molar-refractivity contribution < 1.29 is 22.7 Å². The second-order valence-corrected chi connectivity index (χ2v) is 5.92. The number of carbonyl (C=O) groups is 1. The van der Waals surface area contributed by atoms with Gasteiger partial charge < -0.3 is 9.47 Å². The van der Waals surface area contributed by atoms with E-state index in [9.17, 15) is 13.2 Å². The maximum atomic E-state index is 11.3. The molecule has 0 aliphatic carbocycles. The van der Waals surface area contributed by atoms with Crippen molar-refractivity contribution in [1.82, 2.24) is 9.44 Å². The summed E-state index contributed by atoms with van der Waals surface area (Å²) in [6.07, 6.45) is -1.38. The van der Waals surface area contributed by atoms with Crippen molar-refractivity contribution in [2.75, 3.05) is 19.8 Å². The van der Waals surface area contributed by atoms with Gasteiger partial charge in [-0.2, -0.15) is 13.1 Å². The van der Waals surface area contributed by atoms with Crippen LogP contribution in [0, 0.1) is 5.92 Å². The molecule has 108 valence electrons. The Hall–Kier alpha value is -0.860. The van der Waals surface area contributed by atoms with Gasteiger partial charge in [0.15, 0.2) is 0 Å². The lowest BCUT2D eigenvalue weighted by molar-refractivity contribution is 0.114. The summed E-state index contributed by atoms with van der Waals surface area (Å²) in [5, 5.41) is 0. The van der Waals surface area contributed by atoms with Gasteiger partial charge in [0.05, 0.1) is 12.7 Å². The van der Waals surface area contributed by atoms with Gasteiger partial charge in [-0.3, -0.25) is 0 Å². The van der Waals surface area contributed by atoms with Gasteiger partial charge in [-0.15, -0.1) is 0 Å². The summed E-state index contributed by atoms with van der Waals surface area (Å²) in [7, 11) is -3.88. The first-order valence-electron chi connectivity index (χ1n) is 5.78. The minimum Gasteiger partial charge on any atom is -0.446 e. The highest BCUT2D eigenvalue weighted by molar-refractivity contribution is 7.88. The number of ether oxygens (including phenoxy) is 2. The SMILES string of the molecule is CC(C)COCCNS(=O)(=O)NC(=O)OC(C)C. The zero-order chi connectivity index (χ0) is 14.2. The Morgan fingerprint density at radius 3 is 2.33 bits per heavy atom. The second kappa shape index (κ2) is 8.28. The normalized spacial score (nSPS) is 11.9. The molecule has 0 radical (unpaired) electrons. The van der Waals surface area contributed by atoms with E-state index in [0.717, 1.165) is 0 Å². The first kappa shape index (κ1) is 17.1. The summed E-state index contributed by atoms with van der Waals surface area (Å²) in [5.74, 6) is 0.390. The molecule has 2 N–H and O–H groups in total. The highest BCUT2D eigenvalue weighted by atomic mass is 32.2. The Balaban J connectivity index is 3.84. The Labute approximate surface area is 108 Å². The van der Waals surface area contributed by atoms with Crippen LogP contribution in [0.25, 0.3) is 0 Å². The van der Waals surface area contributed by atoms with Crippen molar-refractivity contribution in [2.24, 2.45) is 5.92 Å². The van der Waals surface area contributed by atoms with E-state index in [2.05, 4.69) is 9.46 Å². The lowest BCUT2D eigenvalue weighted by Gasteiger charge is -2.11. The van der Waals surface area contributed by atoms with E-state index >= 15 is 0 Å². The Kier molecular flexibility index (Phi) is 7.88. The van der Waals surface area contributed by atoms with E-state index in [-0.39, 0.29) is 19.3 Å². The smallest absolute Gasteiger partial charge is 0.422 e. The molecule has 0 aromatic rings. The van der Waals surface area contributed by atoms with E-state index in [1.165, 1.54) is 0 Å². The van der Waals surface area contributed by atoms with E-state index in [1.54, 1.807) is 18.6 Å². The molecule has 0 aromatic carbocycles. The monoisotopic (exact) mass is 282 g/mol. The molecule has 8 heteroatoms. The van der Waals surface area contributed by atoms with Crippen molar-refractivity contribution in [3.8, 4) is 0 Å². The predicted octanol–water partition coefficient (Wildman–Crippen LogP) is 0.628. The third-order valence-electron chi connectivity index (χ3n) is 1.55. The average molecular weight is 282 g/mol.